The third-order valence-corrected chi connectivity index (χ3v) is 6.77. The number of amidine groups is 1. The van der Waals surface area contributed by atoms with Crippen molar-refractivity contribution in [1.82, 2.24) is 10.6 Å². The molecular weight excluding hydrogens is 352 g/mol. The molecule has 3 heterocycles. The number of thiophene rings is 1. The van der Waals surface area contributed by atoms with E-state index in [-0.39, 0.29) is 11.4 Å². The number of carbonyl (C=O) groups is 1. The SMILES string of the molecule is N#Cc1ccc(C23CNCC2CSC(NC(=O)c2ccccc2)=N3)s1. The monoisotopic (exact) mass is 368 g/mol. The van der Waals surface area contributed by atoms with Gasteiger partial charge in [0, 0.05) is 35.2 Å². The summed E-state index contributed by atoms with van der Waals surface area (Å²) in [6, 6.07) is 15.2. The normalized spacial score (nSPS) is 24.9. The number of fused-ring (bicyclic) bond motifs is 1. The summed E-state index contributed by atoms with van der Waals surface area (Å²) in [6.45, 7) is 1.63. The van der Waals surface area contributed by atoms with Gasteiger partial charge >= 0.3 is 0 Å². The maximum absolute atomic E-state index is 12.4. The van der Waals surface area contributed by atoms with E-state index in [1.807, 2.05) is 30.3 Å². The summed E-state index contributed by atoms with van der Waals surface area (Å²) in [6.07, 6.45) is 0. The summed E-state index contributed by atoms with van der Waals surface area (Å²) in [7, 11) is 0. The molecule has 7 heteroatoms. The van der Waals surface area contributed by atoms with Gasteiger partial charge in [-0.25, -0.2) is 4.99 Å². The van der Waals surface area contributed by atoms with Crippen LogP contribution in [0.3, 0.4) is 0 Å². The minimum Gasteiger partial charge on any atom is -0.314 e. The van der Waals surface area contributed by atoms with Gasteiger partial charge in [0.1, 0.15) is 16.5 Å². The van der Waals surface area contributed by atoms with Gasteiger partial charge in [0.05, 0.1) is 0 Å². The van der Waals surface area contributed by atoms with Crippen LogP contribution in [0.4, 0.5) is 0 Å². The Hall–Kier alpha value is -2.14. The number of amides is 1. The summed E-state index contributed by atoms with van der Waals surface area (Å²) in [5.74, 6) is 1.11. The molecule has 2 unspecified atom stereocenters. The van der Waals surface area contributed by atoms with Crippen molar-refractivity contribution in [1.29, 1.82) is 5.26 Å². The first-order valence-corrected chi connectivity index (χ1v) is 9.82. The number of rotatable bonds is 2. The molecule has 2 atom stereocenters. The number of aliphatic imine (C=N–C) groups is 1. The minimum absolute atomic E-state index is 0.143. The molecule has 1 fully saturated rings. The lowest BCUT2D eigenvalue weighted by atomic mass is 9.87. The van der Waals surface area contributed by atoms with Crippen molar-refractivity contribution in [2.75, 3.05) is 18.8 Å². The molecule has 126 valence electrons. The molecule has 0 saturated carbocycles. The highest BCUT2D eigenvalue weighted by molar-refractivity contribution is 8.13. The maximum Gasteiger partial charge on any atom is 0.257 e. The van der Waals surface area contributed by atoms with Gasteiger partial charge in [-0.3, -0.25) is 4.79 Å². The molecule has 1 amide bonds. The predicted octanol–water partition coefficient (Wildman–Crippen LogP) is 2.57. The minimum atomic E-state index is -0.385. The molecule has 1 aromatic heterocycles. The second kappa shape index (κ2) is 6.64. The van der Waals surface area contributed by atoms with Gasteiger partial charge in [-0.15, -0.1) is 11.3 Å². The predicted molar refractivity (Wildman–Crippen MR) is 101 cm³/mol. The van der Waals surface area contributed by atoms with Crippen LogP contribution in [0.1, 0.15) is 20.1 Å². The third-order valence-electron chi connectivity index (χ3n) is 4.58. The number of nitrogens with zero attached hydrogens (tertiary/aromatic N) is 2. The smallest absolute Gasteiger partial charge is 0.257 e. The molecule has 0 spiro atoms. The molecular formula is C18H16N4OS2. The van der Waals surface area contributed by atoms with Gasteiger partial charge in [0.2, 0.25) is 0 Å². The highest BCUT2D eigenvalue weighted by atomic mass is 32.2. The summed E-state index contributed by atoms with van der Waals surface area (Å²) in [5.41, 5.74) is 0.235. The second-order valence-electron chi connectivity index (χ2n) is 6.08. The Labute approximate surface area is 154 Å². The summed E-state index contributed by atoms with van der Waals surface area (Å²) in [4.78, 5) is 19.2. The van der Waals surface area contributed by atoms with Crippen LogP contribution in [0.25, 0.3) is 0 Å². The van der Waals surface area contributed by atoms with Crippen LogP contribution in [-0.4, -0.2) is 29.9 Å². The molecule has 25 heavy (non-hydrogen) atoms. The lowest BCUT2D eigenvalue weighted by molar-refractivity contribution is 0.0977. The number of nitriles is 1. The third kappa shape index (κ3) is 2.97. The Bertz CT molecular complexity index is 871. The van der Waals surface area contributed by atoms with Crippen molar-refractivity contribution in [2.45, 2.75) is 5.54 Å². The van der Waals surface area contributed by atoms with E-state index in [1.165, 1.54) is 11.3 Å². The van der Waals surface area contributed by atoms with Crippen LogP contribution in [0.15, 0.2) is 47.5 Å². The Kier molecular flexibility index (Phi) is 4.34. The average molecular weight is 368 g/mol. The quantitative estimate of drug-likeness (QED) is 0.854. The van der Waals surface area contributed by atoms with Gasteiger partial charge in [-0.2, -0.15) is 5.26 Å². The zero-order chi connectivity index (χ0) is 17.3. The van der Waals surface area contributed by atoms with Crippen molar-refractivity contribution >= 4 is 34.2 Å². The first kappa shape index (κ1) is 16.3. The van der Waals surface area contributed by atoms with Crippen molar-refractivity contribution in [3.8, 4) is 6.07 Å². The summed E-state index contributed by atoms with van der Waals surface area (Å²) >= 11 is 3.08. The van der Waals surface area contributed by atoms with Crippen LogP contribution in [0, 0.1) is 17.2 Å². The van der Waals surface area contributed by atoms with E-state index in [0.29, 0.717) is 21.5 Å². The van der Waals surface area contributed by atoms with E-state index in [9.17, 15) is 4.79 Å². The van der Waals surface area contributed by atoms with Crippen LogP contribution >= 0.6 is 23.1 Å². The van der Waals surface area contributed by atoms with Crippen molar-refractivity contribution in [3.63, 3.8) is 0 Å². The first-order valence-electron chi connectivity index (χ1n) is 8.01. The summed E-state index contributed by atoms with van der Waals surface area (Å²) < 4.78 is 0. The molecule has 2 aromatic rings. The molecule has 1 aromatic carbocycles. The Balaban J connectivity index is 1.64. The van der Waals surface area contributed by atoms with Crippen LogP contribution in [0.2, 0.25) is 0 Å². The van der Waals surface area contributed by atoms with E-state index in [4.69, 9.17) is 10.3 Å². The van der Waals surface area contributed by atoms with E-state index in [0.717, 1.165) is 23.7 Å². The van der Waals surface area contributed by atoms with Crippen LogP contribution in [0.5, 0.6) is 0 Å². The highest BCUT2D eigenvalue weighted by Crippen LogP contribution is 2.45. The Morgan fingerprint density at radius 3 is 2.92 bits per heavy atom. The Morgan fingerprint density at radius 2 is 2.16 bits per heavy atom. The number of benzene rings is 1. The molecule has 0 bridgehead atoms. The highest BCUT2D eigenvalue weighted by Gasteiger charge is 2.48. The molecule has 0 radical (unpaired) electrons. The average Bonchev–Trinajstić information content (AvgIpc) is 3.29. The zero-order valence-corrected chi connectivity index (χ0v) is 15.0. The van der Waals surface area contributed by atoms with E-state index in [2.05, 4.69) is 16.7 Å². The van der Waals surface area contributed by atoms with Gasteiger partial charge in [-0.05, 0) is 24.3 Å². The fraction of sp³-hybridized carbons (Fsp3) is 0.278. The number of thioether (sulfide) groups is 1. The molecule has 5 nitrogen and oxygen atoms in total. The van der Waals surface area contributed by atoms with Gasteiger partial charge in [0.15, 0.2) is 5.17 Å². The topological polar surface area (TPSA) is 77.3 Å². The maximum atomic E-state index is 12.4. The van der Waals surface area contributed by atoms with E-state index >= 15 is 0 Å². The van der Waals surface area contributed by atoms with Crippen molar-refractivity contribution < 1.29 is 4.79 Å². The van der Waals surface area contributed by atoms with Gasteiger partial charge in [-0.1, -0.05) is 30.0 Å². The van der Waals surface area contributed by atoms with Crippen LogP contribution in [-0.2, 0) is 5.54 Å². The molecule has 2 N–H and O–H groups in total. The fourth-order valence-corrected chi connectivity index (χ4v) is 5.43. The number of carbonyl (C=O) groups excluding carboxylic acids is 1. The van der Waals surface area contributed by atoms with Gasteiger partial charge < -0.3 is 10.6 Å². The van der Waals surface area contributed by atoms with Crippen LogP contribution < -0.4 is 10.6 Å². The van der Waals surface area contributed by atoms with Gasteiger partial charge in [0.25, 0.3) is 5.91 Å². The zero-order valence-electron chi connectivity index (χ0n) is 13.4. The number of hydrogen-bond acceptors (Lipinski definition) is 6. The van der Waals surface area contributed by atoms with E-state index in [1.54, 1.807) is 23.9 Å². The fourth-order valence-electron chi connectivity index (χ4n) is 3.27. The molecule has 0 aliphatic carbocycles. The number of hydrogen-bond donors (Lipinski definition) is 2. The Morgan fingerprint density at radius 1 is 1.32 bits per heavy atom. The van der Waals surface area contributed by atoms with Crippen molar-refractivity contribution in [3.05, 3.63) is 57.8 Å². The van der Waals surface area contributed by atoms with E-state index < -0.39 is 0 Å². The summed E-state index contributed by atoms with van der Waals surface area (Å²) in [5, 5.41) is 16.2. The largest absolute Gasteiger partial charge is 0.314 e. The lowest BCUT2D eigenvalue weighted by Crippen LogP contribution is -2.42. The standard InChI is InChI=1S/C18H16N4OS2/c19-8-14-6-7-15(25-14)18-11-20-9-13(18)10-24-17(22-18)21-16(23)12-4-2-1-3-5-12/h1-7,13,20H,9-11H2,(H,21,22,23). The molecule has 2 aliphatic rings. The van der Waals surface area contributed by atoms with Crippen molar-refractivity contribution in [2.24, 2.45) is 10.9 Å². The first-order chi connectivity index (χ1) is 12.2. The number of nitrogens with one attached hydrogen (secondary N) is 2. The molecule has 1 saturated heterocycles. The second-order valence-corrected chi connectivity index (χ2v) is 8.17. The molecule has 2 aliphatic heterocycles. The molecule has 4 rings (SSSR count). The lowest BCUT2D eigenvalue weighted by Gasteiger charge is -2.34.